The number of aryl methyl sites for hydroxylation is 2. The molecule has 0 aliphatic heterocycles. The van der Waals surface area contributed by atoms with Crippen LogP contribution in [0.3, 0.4) is 0 Å². The Kier molecular flexibility index (Phi) is 13.6. The number of nitrogens with one attached hydrogen (secondary N) is 2. The van der Waals surface area contributed by atoms with Gasteiger partial charge in [-0.25, -0.2) is 4.98 Å². The summed E-state index contributed by atoms with van der Waals surface area (Å²) in [6, 6.07) is 0. The first kappa shape index (κ1) is 25.2. The molecule has 1 heterocycles. The van der Waals surface area contributed by atoms with Gasteiger partial charge in [0.05, 0.1) is 6.10 Å². The van der Waals surface area contributed by atoms with Gasteiger partial charge in [0.2, 0.25) is 0 Å². The monoisotopic (exact) mass is 505 g/mol. The van der Waals surface area contributed by atoms with Crippen molar-refractivity contribution in [3.8, 4) is 0 Å². The fourth-order valence-corrected chi connectivity index (χ4v) is 3.90. The van der Waals surface area contributed by atoms with Crippen molar-refractivity contribution in [3.05, 3.63) is 18.2 Å². The van der Waals surface area contributed by atoms with Crippen molar-refractivity contribution >= 4 is 29.9 Å². The van der Waals surface area contributed by atoms with E-state index in [1.54, 1.807) is 0 Å². The van der Waals surface area contributed by atoms with E-state index in [9.17, 15) is 0 Å². The number of ether oxygens (including phenoxy) is 1. The molecule has 1 aromatic heterocycles. The van der Waals surface area contributed by atoms with Crippen LogP contribution in [0.2, 0.25) is 0 Å². The Morgan fingerprint density at radius 1 is 1.29 bits per heavy atom. The number of imidazole rings is 1. The number of aliphatic imine (C=N–C) groups is 1. The predicted molar refractivity (Wildman–Crippen MR) is 128 cm³/mol. The largest absolute Gasteiger partial charge is 0.378 e. The average molecular weight is 505 g/mol. The minimum atomic E-state index is 0. The first-order valence-electron chi connectivity index (χ1n) is 10.9. The Bertz CT molecular complexity index is 543. The summed E-state index contributed by atoms with van der Waals surface area (Å²) in [7, 11) is 0. The molecule has 1 saturated carbocycles. The molecule has 0 radical (unpaired) electrons. The number of halogens is 1. The maximum absolute atomic E-state index is 6.02. The number of aromatic nitrogens is 2. The third-order valence-corrected chi connectivity index (χ3v) is 5.37. The van der Waals surface area contributed by atoms with Gasteiger partial charge in [-0.2, -0.15) is 0 Å². The van der Waals surface area contributed by atoms with E-state index < -0.39 is 0 Å². The van der Waals surface area contributed by atoms with E-state index in [1.807, 2.05) is 19.3 Å². The summed E-state index contributed by atoms with van der Waals surface area (Å²) in [4.78, 5) is 8.99. The Morgan fingerprint density at radius 3 is 2.71 bits per heavy atom. The summed E-state index contributed by atoms with van der Waals surface area (Å²) in [5.41, 5.74) is 0. The van der Waals surface area contributed by atoms with Gasteiger partial charge in [-0.05, 0) is 58.8 Å². The van der Waals surface area contributed by atoms with Crippen molar-refractivity contribution in [3.63, 3.8) is 0 Å². The van der Waals surface area contributed by atoms with E-state index in [-0.39, 0.29) is 24.0 Å². The van der Waals surface area contributed by atoms with Crippen molar-refractivity contribution in [2.24, 2.45) is 10.9 Å². The van der Waals surface area contributed by atoms with Gasteiger partial charge in [-0.3, -0.25) is 4.99 Å². The number of hydrogen-bond donors (Lipinski definition) is 2. The van der Waals surface area contributed by atoms with Crippen molar-refractivity contribution in [2.75, 3.05) is 26.2 Å². The highest BCUT2D eigenvalue weighted by Gasteiger charge is 2.25. The topological polar surface area (TPSA) is 63.5 Å². The number of hydrogen-bond acceptors (Lipinski definition) is 3. The number of nitrogens with zero attached hydrogens (tertiary/aromatic N) is 3. The standard InChI is InChI=1S/C21H39N5O.HI/c1-4-22-21(24-13-8-9-16-26-17-15-23-18(26)3)25-14-12-20(27-5-2)19-10-6-7-11-19;/h15,17,19-20H,4-14,16H2,1-3H3,(H2,22,24,25);1H. The zero-order valence-corrected chi connectivity index (χ0v) is 20.3. The van der Waals surface area contributed by atoms with E-state index in [0.29, 0.717) is 6.10 Å². The lowest BCUT2D eigenvalue weighted by molar-refractivity contribution is 0.0169. The van der Waals surface area contributed by atoms with Crippen LogP contribution in [-0.2, 0) is 11.3 Å². The summed E-state index contributed by atoms with van der Waals surface area (Å²) >= 11 is 0. The second-order valence-corrected chi connectivity index (χ2v) is 7.39. The predicted octanol–water partition coefficient (Wildman–Crippen LogP) is 4.13. The first-order chi connectivity index (χ1) is 13.2. The van der Waals surface area contributed by atoms with Gasteiger partial charge >= 0.3 is 0 Å². The average Bonchev–Trinajstić information content (AvgIpc) is 3.33. The van der Waals surface area contributed by atoms with E-state index >= 15 is 0 Å². The molecule has 7 heteroatoms. The van der Waals surface area contributed by atoms with Gasteiger partial charge < -0.3 is 19.9 Å². The molecule has 1 atom stereocenters. The van der Waals surface area contributed by atoms with Crippen LogP contribution in [-0.4, -0.2) is 47.9 Å². The summed E-state index contributed by atoms with van der Waals surface area (Å²) in [6.45, 7) is 10.7. The van der Waals surface area contributed by atoms with E-state index in [0.717, 1.165) is 69.8 Å². The minimum absolute atomic E-state index is 0. The first-order valence-corrected chi connectivity index (χ1v) is 10.9. The van der Waals surface area contributed by atoms with Crippen LogP contribution < -0.4 is 10.6 Å². The molecule has 0 spiro atoms. The highest BCUT2D eigenvalue weighted by atomic mass is 127. The Balaban J connectivity index is 0.00000392. The normalized spacial score (nSPS) is 16.0. The Hall–Kier alpha value is -0.830. The molecule has 162 valence electrons. The number of unbranched alkanes of at least 4 members (excludes halogenated alkanes) is 1. The summed E-state index contributed by atoms with van der Waals surface area (Å²) in [5, 5.41) is 6.84. The molecule has 1 unspecified atom stereocenters. The quantitative estimate of drug-likeness (QED) is 0.194. The van der Waals surface area contributed by atoms with E-state index in [4.69, 9.17) is 9.73 Å². The van der Waals surface area contributed by atoms with Gasteiger partial charge in [-0.1, -0.05) is 12.8 Å². The van der Waals surface area contributed by atoms with Crippen LogP contribution in [0.1, 0.15) is 64.6 Å². The lowest BCUT2D eigenvalue weighted by Gasteiger charge is -2.24. The van der Waals surface area contributed by atoms with E-state index in [2.05, 4.69) is 34.0 Å². The zero-order valence-electron chi connectivity index (χ0n) is 18.0. The van der Waals surface area contributed by atoms with Gasteiger partial charge in [0.15, 0.2) is 5.96 Å². The Morgan fingerprint density at radius 2 is 2.07 bits per heavy atom. The molecule has 2 rings (SSSR count). The van der Waals surface area contributed by atoms with Gasteiger partial charge in [0.25, 0.3) is 0 Å². The van der Waals surface area contributed by atoms with Crippen LogP contribution in [0.25, 0.3) is 0 Å². The number of guanidine groups is 1. The van der Waals surface area contributed by atoms with Gasteiger partial charge in [0, 0.05) is 45.2 Å². The van der Waals surface area contributed by atoms with Crippen molar-refractivity contribution < 1.29 is 4.74 Å². The Labute approximate surface area is 188 Å². The molecule has 1 fully saturated rings. The SMILES string of the molecule is CCNC(=NCCCCn1ccnc1C)NCCC(OCC)C1CCCC1.I. The van der Waals surface area contributed by atoms with Crippen LogP contribution >= 0.6 is 24.0 Å². The maximum Gasteiger partial charge on any atom is 0.191 e. The van der Waals surface area contributed by atoms with E-state index in [1.165, 1.54) is 25.7 Å². The molecule has 0 aromatic carbocycles. The van der Waals surface area contributed by atoms with Gasteiger partial charge in [-0.15, -0.1) is 24.0 Å². The molecule has 6 nitrogen and oxygen atoms in total. The van der Waals surface area contributed by atoms with Crippen LogP contribution in [0.15, 0.2) is 17.4 Å². The molecule has 2 N–H and O–H groups in total. The third kappa shape index (κ3) is 9.11. The molecular formula is C21H40IN5O. The molecule has 0 bridgehead atoms. The fraction of sp³-hybridized carbons (Fsp3) is 0.810. The minimum Gasteiger partial charge on any atom is -0.378 e. The molecular weight excluding hydrogens is 465 g/mol. The molecule has 1 aliphatic rings. The second-order valence-electron chi connectivity index (χ2n) is 7.39. The molecule has 28 heavy (non-hydrogen) atoms. The van der Waals surface area contributed by atoms with Crippen molar-refractivity contribution in [1.82, 2.24) is 20.2 Å². The third-order valence-electron chi connectivity index (χ3n) is 5.37. The zero-order chi connectivity index (χ0) is 19.3. The highest BCUT2D eigenvalue weighted by molar-refractivity contribution is 14.0. The van der Waals surface area contributed by atoms with Crippen molar-refractivity contribution in [2.45, 2.75) is 78.4 Å². The fourth-order valence-electron chi connectivity index (χ4n) is 3.90. The summed E-state index contributed by atoms with van der Waals surface area (Å²) in [5.74, 6) is 2.76. The lowest BCUT2D eigenvalue weighted by atomic mass is 9.98. The smallest absolute Gasteiger partial charge is 0.191 e. The highest BCUT2D eigenvalue weighted by Crippen LogP contribution is 2.30. The summed E-state index contributed by atoms with van der Waals surface area (Å²) < 4.78 is 8.22. The van der Waals surface area contributed by atoms with Crippen LogP contribution in [0.5, 0.6) is 0 Å². The van der Waals surface area contributed by atoms with Crippen molar-refractivity contribution in [1.29, 1.82) is 0 Å². The summed E-state index contributed by atoms with van der Waals surface area (Å²) in [6.07, 6.45) is 12.9. The molecule has 1 aromatic rings. The van der Waals surface area contributed by atoms with Crippen LogP contribution in [0.4, 0.5) is 0 Å². The van der Waals surface area contributed by atoms with Crippen LogP contribution in [0, 0.1) is 12.8 Å². The lowest BCUT2D eigenvalue weighted by Crippen LogP contribution is -2.39. The molecule has 0 saturated heterocycles. The maximum atomic E-state index is 6.02. The second kappa shape index (κ2) is 15.1. The number of rotatable bonds is 12. The molecule has 1 aliphatic carbocycles. The molecule has 0 amide bonds. The van der Waals surface area contributed by atoms with Gasteiger partial charge in [0.1, 0.15) is 5.82 Å².